The zero-order valence-corrected chi connectivity index (χ0v) is 14.9. The molecule has 130 valence electrons. The van der Waals surface area contributed by atoms with Gasteiger partial charge in [0.2, 0.25) is 0 Å². The topological polar surface area (TPSA) is 38.1 Å². The lowest BCUT2D eigenvalue weighted by Crippen LogP contribution is -2.26. The zero-order chi connectivity index (χ0) is 18.1. The van der Waals surface area contributed by atoms with Crippen LogP contribution in [0, 0.1) is 6.92 Å². The summed E-state index contributed by atoms with van der Waals surface area (Å²) in [5, 5.41) is 4.62. The van der Waals surface area contributed by atoms with Gasteiger partial charge in [-0.25, -0.2) is 0 Å². The first-order valence-corrected chi connectivity index (χ1v) is 8.81. The van der Waals surface area contributed by atoms with E-state index in [0.717, 1.165) is 41.2 Å². The monoisotopic (exact) mass is 343 g/mol. The summed E-state index contributed by atoms with van der Waals surface area (Å²) in [6, 6.07) is 20.1. The van der Waals surface area contributed by atoms with Crippen molar-refractivity contribution in [1.82, 2.24) is 14.7 Å². The Morgan fingerprint density at radius 3 is 2.42 bits per heavy atom. The number of hydrogen-bond donors (Lipinski definition) is 0. The Kier molecular flexibility index (Phi) is 4.17. The maximum atomic E-state index is 12.7. The fraction of sp³-hybridized carbons (Fsp3) is 0.182. The van der Waals surface area contributed by atoms with E-state index in [0.29, 0.717) is 6.54 Å². The number of hydrogen-bond acceptors (Lipinski definition) is 2. The number of amides is 1. The van der Waals surface area contributed by atoms with Crippen LogP contribution in [0.2, 0.25) is 0 Å². The molecule has 0 fully saturated rings. The summed E-state index contributed by atoms with van der Waals surface area (Å²) in [5.41, 5.74) is 5.80. The molecule has 0 saturated carbocycles. The lowest BCUT2D eigenvalue weighted by molar-refractivity contribution is 0.0851. The van der Waals surface area contributed by atoms with Crippen molar-refractivity contribution in [1.29, 1.82) is 0 Å². The van der Waals surface area contributed by atoms with E-state index in [2.05, 4.69) is 29.9 Å². The number of carbonyl (C=O) groups is 1. The third kappa shape index (κ3) is 2.94. The van der Waals surface area contributed by atoms with E-state index in [9.17, 15) is 4.79 Å². The Morgan fingerprint density at radius 2 is 1.69 bits per heavy atom. The number of fused-ring (bicyclic) bond motifs is 1. The van der Waals surface area contributed by atoms with Crippen LogP contribution in [0.15, 0.2) is 67.2 Å². The van der Waals surface area contributed by atoms with Crippen molar-refractivity contribution in [2.75, 3.05) is 6.54 Å². The van der Waals surface area contributed by atoms with Gasteiger partial charge >= 0.3 is 0 Å². The number of benzene rings is 2. The number of nitrogens with zero attached hydrogens (tertiary/aromatic N) is 3. The van der Waals surface area contributed by atoms with Crippen molar-refractivity contribution >= 4 is 11.6 Å². The van der Waals surface area contributed by atoms with Gasteiger partial charge in [0.1, 0.15) is 0 Å². The molecule has 0 atom stereocenters. The van der Waals surface area contributed by atoms with Gasteiger partial charge in [-0.2, -0.15) is 5.10 Å². The third-order valence-corrected chi connectivity index (χ3v) is 4.79. The molecule has 4 nitrogen and oxygen atoms in total. The van der Waals surface area contributed by atoms with Crippen LogP contribution in [-0.2, 0) is 13.0 Å². The maximum Gasteiger partial charge on any atom is 0.258 e. The standard InChI is InChI=1S/C22H21N3O/c1-16-14-19(25(23-16)15-18-8-4-3-5-9-18)12-13-24-17(2)20-10-6-7-11-21(20)22(24)26/h3-11,14H,2,12-13,15H2,1H3. The average Bonchev–Trinajstić information content (AvgIpc) is 3.12. The summed E-state index contributed by atoms with van der Waals surface area (Å²) < 4.78 is 2.03. The van der Waals surface area contributed by atoms with E-state index in [1.165, 1.54) is 5.56 Å². The molecule has 0 bridgehead atoms. The molecule has 4 rings (SSSR count). The van der Waals surface area contributed by atoms with Crippen molar-refractivity contribution in [3.8, 4) is 0 Å². The number of aryl methyl sites for hydroxylation is 1. The minimum Gasteiger partial charge on any atom is -0.308 e. The van der Waals surface area contributed by atoms with Gasteiger partial charge in [-0.15, -0.1) is 0 Å². The molecule has 0 N–H and O–H groups in total. The summed E-state index contributed by atoms with van der Waals surface area (Å²) in [7, 11) is 0. The molecule has 2 heterocycles. The van der Waals surface area contributed by atoms with Gasteiger partial charge in [0.15, 0.2) is 0 Å². The molecule has 26 heavy (non-hydrogen) atoms. The van der Waals surface area contributed by atoms with Crippen LogP contribution in [0.4, 0.5) is 0 Å². The molecule has 1 aliphatic rings. The van der Waals surface area contributed by atoms with Crippen LogP contribution in [-0.4, -0.2) is 27.1 Å². The predicted molar refractivity (Wildman–Crippen MR) is 103 cm³/mol. The van der Waals surface area contributed by atoms with Crippen molar-refractivity contribution in [3.63, 3.8) is 0 Å². The van der Waals surface area contributed by atoms with Gasteiger partial charge in [-0.3, -0.25) is 9.48 Å². The highest BCUT2D eigenvalue weighted by Crippen LogP contribution is 2.31. The van der Waals surface area contributed by atoms with Crippen LogP contribution in [0.5, 0.6) is 0 Å². The average molecular weight is 343 g/mol. The van der Waals surface area contributed by atoms with Gasteiger partial charge in [0, 0.05) is 35.5 Å². The lowest BCUT2D eigenvalue weighted by Gasteiger charge is -2.17. The second-order valence-electron chi connectivity index (χ2n) is 6.62. The van der Waals surface area contributed by atoms with Crippen LogP contribution in [0.3, 0.4) is 0 Å². The summed E-state index contributed by atoms with van der Waals surface area (Å²) in [6.45, 7) is 7.46. The first-order chi connectivity index (χ1) is 12.6. The smallest absolute Gasteiger partial charge is 0.258 e. The maximum absolute atomic E-state index is 12.7. The summed E-state index contributed by atoms with van der Waals surface area (Å²) in [6.07, 6.45) is 0.742. The molecular formula is C22H21N3O. The quantitative estimate of drug-likeness (QED) is 0.704. The van der Waals surface area contributed by atoms with E-state index in [1.54, 1.807) is 4.90 Å². The van der Waals surface area contributed by atoms with Crippen molar-refractivity contribution in [3.05, 3.63) is 95.3 Å². The van der Waals surface area contributed by atoms with E-state index >= 15 is 0 Å². The normalized spacial score (nSPS) is 13.3. The molecule has 1 aliphatic heterocycles. The predicted octanol–water partition coefficient (Wildman–Crippen LogP) is 3.91. The Hall–Kier alpha value is -3.14. The molecule has 4 heteroatoms. The molecule has 0 unspecified atom stereocenters. The number of rotatable bonds is 5. The summed E-state index contributed by atoms with van der Waals surface area (Å²) in [5.74, 6) is 0.0384. The molecule has 1 aromatic heterocycles. The van der Waals surface area contributed by atoms with Crippen LogP contribution in [0.1, 0.15) is 32.9 Å². The van der Waals surface area contributed by atoms with Crippen molar-refractivity contribution < 1.29 is 4.79 Å². The van der Waals surface area contributed by atoms with E-state index in [-0.39, 0.29) is 5.91 Å². The highest BCUT2D eigenvalue weighted by atomic mass is 16.2. The van der Waals surface area contributed by atoms with Gasteiger partial charge in [0.25, 0.3) is 5.91 Å². The summed E-state index contributed by atoms with van der Waals surface area (Å²) >= 11 is 0. The Labute approximate surface area is 153 Å². The minimum absolute atomic E-state index is 0.0384. The molecule has 0 spiro atoms. The van der Waals surface area contributed by atoms with Crippen LogP contribution in [0.25, 0.3) is 5.70 Å². The van der Waals surface area contributed by atoms with Gasteiger partial charge in [-0.05, 0) is 24.6 Å². The highest BCUT2D eigenvalue weighted by molar-refractivity contribution is 6.08. The molecule has 0 saturated heterocycles. The molecule has 0 radical (unpaired) electrons. The molecule has 1 amide bonds. The fourth-order valence-electron chi connectivity index (χ4n) is 3.49. The molecule has 2 aromatic carbocycles. The van der Waals surface area contributed by atoms with Gasteiger partial charge in [-0.1, -0.05) is 55.1 Å². The molecule has 3 aromatic rings. The van der Waals surface area contributed by atoms with E-state index in [1.807, 2.05) is 54.1 Å². The van der Waals surface area contributed by atoms with Crippen LogP contribution >= 0.6 is 0 Å². The van der Waals surface area contributed by atoms with Crippen molar-refractivity contribution in [2.24, 2.45) is 0 Å². The second-order valence-corrected chi connectivity index (χ2v) is 6.62. The first-order valence-electron chi connectivity index (χ1n) is 8.81. The Bertz CT molecular complexity index is 937. The Balaban J connectivity index is 1.51. The first kappa shape index (κ1) is 16.3. The fourth-order valence-corrected chi connectivity index (χ4v) is 3.49. The van der Waals surface area contributed by atoms with Crippen LogP contribution < -0.4 is 0 Å². The minimum atomic E-state index is 0.0384. The second kappa shape index (κ2) is 6.64. The Morgan fingerprint density at radius 1 is 1.00 bits per heavy atom. The van der Waals surface area contributed by atoms with Gasteiger partial charge < -0.3 is 4.90 Å². The number of carbonyl (C=O) groups excluding carboxylic acids is 1. The lowest BCUT2D eigenvalue weighted by atomic mass is 10.1. The summed E-state index contributed by atoms with van der Waals surface area (Å²) in [4.78, 5) is 14.4. The van der Waals surface area contributed by atoms with E-state index in [4.69, 9.17) is 0 Å². The number of aromatic nitrogens is 2. The molecule has 0 aliphatic carbocycles. The largest absolute Gasteiger partial charge is 0.308 e. The third-order valence-electron chi connectivity index (χ3n) is 4.79. The van der Waals surface area contributed by atoms with Crippen molar-refractivity contribution in [2.45, 2.75) is 19.9 Å². The SMILES string of the molecule is C=C1c2ccccc2C(=O)N1CCc1cc(C)nn1Cc1ccccc1. The molecular weight excluding hydrogens is 322 g/mol. The zero-order valence-electron chi connectivity index (χ0n) is 14.9. The van der Waals surface area contributed by atoms with E-state index < -0.39 is 0 Å². The van der Waals surface area contributed by atoms with Gasteiger partial charge in [0.05, 0.1) is 12.2 Å². The highest BCUT2D eigenvalue weighted by Gasteiger charge is 2.30.